The standard InChI is InChI=1S/C14H17BrF3NO/c1-19-11-4-2-3-5-13(11)20-12-7-6-9(8-10(12)15)14(16,17)18/h6-8,11,13,19H,2-5H2,1H3. The van der Waals surface area contributed by atoms with Crippen molar-refractivity contribution in [2.75, 3.05) is 7.05 Å². The predicted octanol–water partition coefficient (Wildman–Crippen LogP) is 4.38. The number of nitrogens with one attached hydrogen (secondary N) is 1. The lowest BCUT2D eigenvalue weighted by molar-refractivity contribution is -0.137. The lowest BCUT2D eigenvalue weighted by Crippen LogP contribution is -2.43. The maximum absolute atomic E-state index is 12.6. The normalized spacial score (nSPS) is 23.6. The fraction of sp³-hybridized carbons (Fsp3) is 0.571. The quantitative estimate of drug-likeness (QED) is 0.872. The van der Waals surface area contributed by atoms with Crippen LogP contribution in [0.3, 0.4) is 0 Å². The average molecular weight is 352 g/mol. The molecular formula is C14H17BrF3NO. The van der Waals surface area contributed by atoms with E-state index in [-0.39, 0.29) is 12.1 Å². The van der Waals surface area contributed by atoms with Crippen molar-refractivity contribution >= 4 is 15.9 Å². The van der Waals surface area contributed by atoms with E-state index in [0.29, 0.717) is 10.2 Å². The lowest BCUT2D eigenvalue weighted by atomic mass is 9.92. The Morgan fingerprint density at radius 1 is 1.25 bits per heavy atom. The van der Waals surface area contributed by atoms with Gasteiger partial charge in [-0.05, 0) is 60.4 Å². The Balaban J connectivity index is 2.13. The van der Waals surface area contributed by atoms with E-state index in [9.17, 15) is 13.2 Å². The van der Waals surface area contributed by atoms with Gasteiger partial charge >= 0.3 is 6.18 Å². The molecule has 2 atom stereocenters. The number of likely N-dealkylation sites (N-methyl/N-ethyl adjacent to an activating group) is 1. The maximum Gasteiger partial charge on any atom is 0.416 e. The minimum absolute atomic E-state index is 0.00165. The van der Waals surface area contributed by atoms with E-state index < -0.39 is 11.7 Å². The smallest absolute Gasteiger partial charge is 0.416 e. The molecule has 0 amide bonds. The van der Waals surface area contributed by atoms with Crippen LogP contribution in [0.2, 0.25) is 0 Å². The number of benzene rings is 1. The zero-order valence-electron chi connectivity index (χ0n) is 11.1. The molecule has 2 rings (SSSR count). The summed E-state index contributed by atoms with van der Waals surface area (Å²) in [6.45, 7) is 0. The molecule has 0 radical (unpaired) electrons. The van der Waals surface area contributed by atoms with E-state index in [4.69, 9.17) is 4.74 Å². The van der Waals surface area contributed by atoms with Crippen LogP contribution in [-0.2, 0) is 6.18 Å². The Morgan fingerprint density at radius 3 is 2.55 bits per heavy atom. The summed E-state index contributed by atoms with van der Waals surface area (Å²) in [4.78, 5) is 0. The summed E-state index contributed by atoms with van der Waals surface area (Å²) >= 11 is 3.16. The first-order chi connectivity index (χ1) is 9.41. The van der Waals surface area contributed by atoms with Crippen LogP contribution in [0, 0.1) is 0 Å². The van der Waals surface area contributed by atoms with Crippen LogP contribution < -0.4 is 10.1 Å². The fourth-order valence-corrected chi connectivity index (χ4v) is 2.98. The SMILES string of the molecule is CNC1CCCCC1Oc1ccc(C(F)(F)F)cc1Br. The molecule has 1 aromatic rings. The molecule has 0 aromatic heterocycles. The summed E-state index contributed by atoms with van der Waals surface area (Å²) in [5.41, 5.74) is -0.675. The highest BCUT2D eigenvalue weighted by Crippen LogP contribution is 2.36. The van der Waals surface area contributed by atoms with Crippen molar-refractivity contribution < 1.29 is 17.9 Å². The van der Waals surface area contributed by atoms with Crippen molar-refractivity contribution in [1.29, 1.82) is 0 Å². The maximum atomic E-state index is 12.6. The van der Waals surface area contributed by atoms with E-state index in [0.717, 1.165) is 37.8 Å². The second kappa shape index (κ2) is 6.35. The molecule has 1 fully saturated rings. The summed E-state index contributed by atoms with van der Waals surface area (Å²) in [5, 5.41) is 3.21. The Morgan fingerprint density at radius 2 is 1.95 bits per heavy atom. The second-order valence-electron chi connectivity index (χ2n) is 4.98. The number of ether oxygens (including phenoxy) is 1. The van der Waals surface area contributed by atoms with E-state index in [1.54, 1.807) is 0 Å². The zero-order chi connectivity index (χ0) is 14.8. The van der Waals surface area contributed by atoms with Gasteiger partial charge in [-0.25, -0.2) is 0 Å². The van der Waals surface area contributed by atoms with E-state index >= 15 is 0 Å². The number of hydrogen-bond donors (Lipinski definition) is 1. The number of rotatable bonds is 3. The Labute approximate surface area is 124 Å². The van der Waals surface area contributed by atoms with Gasteiger partial charge in [0.25, 0.3) is 0 Å². The first-order valence-corrected chi connectivity index (χ1v) is 7.42. The first kappa shape index (κ1) is 15.6. The lowest BCUT2D eigenvalue weighted by Gasteiger charge is -2.32. The highest BCUT2D eigenvalue weighted by molar-refractivity contribution is 9.10. The van der Waals surface area contributed by atoms with Gasteiger partial charge in [-0.2, -0.15) is 13.2 Å². The molecule has 2 unspecified atom stereocenters. The van der Waals surface area contributed by atoms with Crippen LogP contribution in [-0.4, -0.2) is 19.2 Å². The zero-order valence-corrected chi connectivity index (χ0v) is 12.7. The number of alkyl halides is 3. The van der Waals surface area contributed by atoms with E-state index in [1.807, 2.05) is 7.05 Å². The van der Waals surface area contributed by atoms with Gasteiger partial charge in [0, 0.05) is 6.04 Å². The van der Waals surface area contributed by atoms with Gasteiger partial charge in [-0.3, -0.25) is 0 Å². The Bertz CT molecular complexity index is 464. The molecule has 112 valence electrons. The molecule has 0 aliphatic heterocycles. The van der Waals surface area contributed by atoms with Gasteiger partial charge in [0.15, 0.2) is 0 Å². The number of hydrogen-bond acceptors (Lipinski definition) is 2. The van der Waals surface area contributed by atoms with Crippen LogP contribution in [0.5, 0.6) is 5.75 Å². The molecule has 1 aromatic carbocycles. The highest BCUT2D eigenvalue weighted by Gasteiger charge is 2.31. The molecule has 1 N–H and O–H groups in total. The van der Waals surface area contributed by atoms with E-state index in [2.05, 4.69) is 21.2 Å². The van der Waals surface area contributed by atoms with Crippen molar-refractivity contribution in [1.82, 2.24) is 5.32 Å². The summed E-state index contributed by atoms with van der Waals surface area (Å²) in [6.07, 6.45) is -0.153. The van der Waals surface area contributed by atoms with Crippen molar-refractivity contribution in [2.45, 2.75) is 44.0 Å². The topological polar surface area (TPSA) is 21.3 Å². The molecule has 1 aliphatic rings. The van der Waals surface area contributed by atoms with Gasteiger partial charge in [-0.15, -0.1) is 0 Å². The fourth-order valence-electron chi connectivity index (χ4n) is 2.50. The third-order valence-electron chi connectivity index (χ3n) is 3.61. The third-order valence-corrected chi connectivity index (χ3v) is 4.23. The average Bonchev–Trinajstić information content (AvgIpc) is 2.40. The molecular weight excluding hydrogens is 335 g/mol. The molecule has 6 heteroatoms. The largest absolute Gasteiger partial charge is 0.488 e. The number of halogens is 4. The van der Waals surface area contributed by atoms with Crippen molar-refractivity contribution in [3.63, 3.8) is 0 Å². The van der Waals surface area contributed by atoms with Gasteiger partial charge in [0.1, 0.15) is 11.9 Å². The van der Waals surface area contributed by atoms with Crippen molar-refractivity contribution in [2.24, 2.45) is 0 Å². The van der Waals surface area contributed by atoms with Crippen molar-refractivity contribution in [3.8, 4) is 5.75 Å². The first-order valence-electron chi connectivity index (χ1n) is 6.62. The van der Waals surface area contributed by atoms with Gasteiger partial charge in [0.2, 0.25) is 0 Å². The van der Waals surface area contributed by atoms with Crippen LogP contribution in [0.25, 0.3) is 0 Å². The van der Waals surface area contributed by atoms with Crippen LogP contribution in [0.4, 0.5) is 13.2 Å². The van der Waals surface area contributed by atoms with Crippen LogP contribution >= 0.6 is 15.9 Å². The molecule has 20 heavy (non-hydrogen) atoms. The molecule has 2 nitrogen and oxygen atoms in total. The van der Waals surface area contributed by atoms with Crippen molar-refractivity contribution in [3.05, 3.63) is 28.2 Å². The van der Waals surface area contributed by atoms with Gasteiger partial charge in [-0.1, -0.05) is 6.42 Å². The predicted molar refractivity (Wildman–Crippen MR) is 74.9 cm³/mol. The summed E-state index contributed by atoms with van der Waals surface area (Å²) in [7, 11) is 1.88. The van der Waals surface area contributed by atoms with Gasteiger partial charge < -0.3 is 10.1 Å². The van der Waals surface area contributed by atoms with Crippen LogP contribution in [0.15, 0.2) is 22.7 Å². The molecule has 1 aliphatic carbocycles. The summed E-state index contributed by atoms with van der Waals surface area (Å²) in [5.74, 6) is 0.463. The molecule has 0 heterocycles. The molecule has 0 saturated heterocycles. The minimum atomic E-state index is -4.33. The molecule has 0 spiro atoms. The Kier molecular flexibility index (Phi) is 4.96. The highest BCUT2D eigenvalue weighted by atomic mass is 79.9. The molecule has 0 bridgehead atoms. The minimum Gasteiger partial charge on any atom is -0.488 e. The van der Waals surface area contributed by atoms with Crippen LogP contribution in [0.1, 0.15) is 31.2 Å². The van der Waals surface area contributed by atoms with Gasteiger partial charge in [0.05, 0.1) is 10.0 Å². The molecule has 1 saturated carbocycles. The third kappa shape index (κ3) is 3.67. The van der Waals surface area contributed by atoms with E-state index in [1.165, 1.54) is 6.07 Å². The monoisotopic (exact) mass is 351 g/mol. The summed E-state index contributed by atoms with van der Waals surface area (Å²) < 4.78 is 44.0. The summed E-state index contributed by atoms with van der Waals surface area (Å²) in [6, 6.07) is 3.75. The Hall–Kier alpha value is -0.750. The second-order valence-corrected chi connectivity index (χ2v) is 5.83.